The van der Waals surface area contributed by atoms with Crippen molar-refractivity contribution >= 4 is 12.0 Å². The summed E-state index contributed by atoms with van der Waals surface area (Å²) in [5.41, 5.74) is 6.76. The van der Waals surface area contributed by atoms with Gasteiger partial charge in [0, 0.05) is 12.4 Å². The first kappa shape index (κ1) is 13.0. The lowest BCUT2D eigenvalue weighted by atomic mass is 10.2. The zero-order valence-electron chi connectivity index (χ0n) is 10.0. The maximum atomic E-state index is 11.0. The Morgan fingerprint density at radius 3 is 2.53 bits per heavy atom. The lowest BCUT2D eigenvalue weighted by Crippen LogP contribution is -2.01. The molecule has 2 N–H and O–H groups in total. The summed E-state index contributed by atoms with van der Waals surface area (Å²) in [4.78, 5) is 15.2. The Morgan fingerprint density at radius 2 is 2.06 bits per heavy atom. The normalized spacial score (nSPS) is 11.8. The first-order valence-electron chi connectivity index (χ1n) is 5.23. The predicted octanol–water partition coefficient (Wildman–Crippen LogP) is 1.70. The van der Waals surface area contributed by atoms with Gasteiger partial charge < -0.3 is 10.5 Å². The SMILES string of the molecule is COc1ccc(CN=CC(=CN)C(C)=O)cc1. The molecule has 1 aromatic rings. The van der Waals surface area contributed by atoms with Gasteiger partial charge >= 0.3 is 0 Å². The number of aliphatic imine (C=N–C) groups is 1. The van der Waals surface area contributed by atoms with Crippen LogP contribution in [0.3, 0.4) is 0 Å². The fourth-order valence-electron chi connectivity index (χ4n) is 1.23. The Bertz CT molecular complexity index is 433. The van der Waals surface area contributed by atoms with E-state index in [1.807, 2.05) is 24.3 Å². The van der Waals surface area contributed by atoms with Gasteiger partial charge in [0.05, 0.1) is 19.2 Å². The number of benzene rings is 1. The van der Waals surface area contributed by atoms with Gasteiger partial charge in [-0.2, -0.15) is 0 Å². The highest BCUT2D eigenvalue weighted by Gasteiger charge is 1.98. The van der Waals surface area contributed by atoms with E-state index < -0.39 is 0 Å². The average molecular weight is 232 g/mol. The monoisotopic (exact) mass is 232 g/mol. The van der Waals surface area contributed by atoms with Crippen LogP contribution >= 0.6 is 0 Å². The number of ether oxygens (including phenoxy) is 1. The van der Waals surface area contributed by atoms with E-state index in [0.717, 1.165) is 11.3 Å². The summed E-state index contributed by atoms with van der Waals surface area (Å²) >= 11 is 0. The predicted molar refractivity (Wildman–Crippen MR) is 68.1 cm³/mol. The summed E-state index contributed by atoms with van der Waals surface area (Å²) < 4.78 is 5.05. The molecule has 0 aromatic heterocycles. The van der Waals surface area contributed by atoms with Crippen molar-refractivity contribution in [3.8, 4) is 5.75 Å². The highest BCUT2D eigenvalue weighted by Crippen LogP contribution is 2.11. The molecule has 0 aliphatic rings. The van der Waals surface area contributed by atoms with Gasteiger partial charge in [0.15, 0.2) is 5.78 Å². The molecule has 1 aromatic carbocycles. The molecule has 0 amide bonds. The van der Waals surface area contributed by atoms with Crippen molar-refractivity contribution in [1.82, 2.24) is 0 Å². The molecule has 4 heteroatoms. The summed E-state index contributed by atoms with van der Waals surface area (Å²) in [6.45, 7) is 1.96. The fraction of sp³-hybridized carbons (Fsp3) is 0.231. The molecule has 0 bridgehead atoms. The lowest BCUT2D eigenvalue weighted by Gasteiger charge is -2.00. The van der Waals surface area contributed by atoms with Crippen LogP contribution in [0.4, 0.5) is 0 Å². The Kier molecular flexibility index (Phi) is 4.94. The smallest absolute Gasteiger partial charge is 0.162 e. The third kappa shape index (κ3) is 4.10. The Hall–Kier alpha value is -2.10. The van der Waals surface area contributed by atoms with Gasteiger partial charge in [0.2, 0.25) is 0 Å². The van der Waals surface area contributed by atoms with Crippen LogP contribution in [0, 0.1) is 0 Å². The topological polar surface area (TPSA) is 64.7 Å². The van der Waals surface area contributed by atoms with Crippen molar-refractivity contribution in [2.75, 3.05) is 7.11 Å². The second-order valence-corrected chi connectivity index (χ2v) is 3.50. The number of hydrogen-bond acceptors (Lipinski definition) is 4. The van der Waals surface area contributed by atoms with Crippen LogP contribution in [-0.4, -0.2) is 19.1 Å². The highest BCUT2D eigenvalue weighted by atomic mass is 16.5. The minimum atomic E-state index is -0.0917. The number of Topliss-reactive ketones (excluding diaryl/α,β-unsaturated/α-hetero) is 1. The molecule has 0 saturated carbocycles. The number of nitrogens with two attached hydrogens (primary N) is 1. The number of nitrogens with zero attached hydrogens (tertiary/aromatic N) is 1. The van der Waals surface area contributed by atoms with Gasteiger partial charge in [-0.05, 0) is 24.6 Å². The fourth-order valence-corrected chi connectivity index (χ4v) is 1.23. The van der Waals surface area contributed by atoms with Crippen molar-refractivity contribution in [1.29, 1.82) is 0 Å². The van der Waals surface area contributed by atoms with Crippen LogP contribution in [0.25, 0.3) is 0 Å². The van der Waals surface area contributed by atoms with Crippen LogP contribution < -0.4 is 10.5 Å². The number of ketones is 1. The molecule has 0 fully saturated rings. The van der Waals surface area contributed by atoms with Gasteiger partial charge in [-0.25, -0.2) is 0 Å². The minimum Gasteiger partial charge on any atom is -0.497 e. The molecule has 0 aliphatic carbocycles. The van der Waals surface area contributed by atoms with E-state index in [1.165, 1.54) is 19.3 Å². The summed E-state index contributed by atoms with van der Waals surface area (Å²) in [5.74, 6) is 0.718. The van der Waals surface area contributed by atoms with E-state index in [0.29, 0.717) is 12.1 Å². The van der Waals surface area contributed by atoms with E-state index in [1.54, 1.807) is 7.11 Å². The van der Waals surface area contributed by atoms with Gasteiger partial charge in [-0.15, -0.1) is 0 Å². The molecular formula is C13H16N2O2. The van der Waals surface area contributed by atoms with E-state index in [-0.39, 0.29) is 5.78 Å². The molecule has 0 aliphatic heterocycles. The number of hydrogen-bond donors (Lipinski definition) is 1. The van der Waals surface area contributed by atoms with Crippen LogP contribution in [0.5, 0.6) is 5.75 Å². The van der Waals surface area contributed by atoms with Crippen LogP contribution in [0.15, 0.2) is 41.0 Å². The number of allylic oxidation sites excluding steroid dienone is 1. The quantitative estimate of drug-likeness (QED) is 0.620. The van der Waals surface area contributed by atoms with Crippen LogP contribution in [0.2, 0.25) is 0 Å². The number of methoxy groups -OCH3 is 1. The van der Waals surface area contributed by atoms with Crippen molar-refractivity contribution in [3.05, 3.63) is 41.6 Å². The third-order valence-electron chi connectivity index (χ3n) is 2.25. The minimum absolute atomic E-state index is 0.0917. The Morgan fingerprint density at radius 1 is 1.41 bits per heavy atom. The molecule has 0 saturated heterocycles. The van der Waals surface area contributed by atoms with Crippen molar-refractivity contribution in [2.24, 2.45) is 10.7 Å². The van der Waals surface area contributed by atoms with Gasteiger partial charge in [0.25, 0.3) is 0 Å². The summed E-state index contributed by atoms with van der Waals surface area (Å²) in [5, 5.41) is 0. The molecule has 17 heavy (non-hydrogen) atoms. The zero-order chi connectivity index (χ0) is 12.7. The Balaban J connectivity index is 2.60. The first-order valence-corrected chi connectivity index (χ1v) is 5.23. The number of rotatable bonds is 5. The standard InChI is InChI=1S/C13H16N2O2/c1-10(16)12(7-14)9-15-8-11-3-5-13(17-2)6-4-11/h3-7,9H,8,14H2,1-2H3. The van der Waals surface area contributed by atoms with Crippen molar-refractivity contribution < 1.29 is 9.53 Å². The van der Waals surface area contributed by atoms with Crippen LogP contribution in [0.1, 0.15) is 12.5 Å². The second-order valence-electron chi connectivity index (χ2n) is 3.50. The van der Waals surface area contributed by atoms with Crippen molar-refractivity contribution in [2.45, 2.75) is 13.5 Å². The molecule has 4 nitrogen and oxygen atoms in total. The zero-order valence-corrected chi connectivity index (χ0v) is 10.0. The maximum Gasteiger partial charge on any atom is 0.162 e. The molecule has 0 unspecified atom stereocenters. The third-order valence-corrected chi connectivity index (χ3v) is 2.25. The molecule has 0 spiro atoms. The largest absolute Gasteiger partial charge is 0.497 e. The molecule has 0 radical (unpaired) electrons. The summed E-state index contributed by atoms with van der Waals surface area (Å²) in [6.07, 6.45) is 2.76. The summed E-state index contributed by atoms with van der Waals surface area (Å²) in [7, 11) is 1.62. The average Bonchev–Trinajstić information content (AvgIpc) is 2.35. The van der Waals surface area contributed by atoms with Gasteiger partial charge in [-0.3, -0.25) is 9.79 Å². The van der Waals surface area contributed by atoms with E-state index in [2.05, 4.69) is 4.99 Å². The van der Waals surface area contributed by atoms with E-state index >= 15 is 0 Å². The van der Waals surface area contributed by atoms with E-state index in [9.17, 15) is 4.79 Å². The highest BCUT2D eigenvalue weighted by molar-refractivity contribution is 6.11. The molecule has 0 heterocycles. The lowest BCUT2D eigenvalue weighted by molar-refractivity contribution is -0.113. The first-order chi connectivity index (χ1) is 8.17. The number of carbonyl (C=O) groups is 1. The van der Waals surface area contributed by atoms with Crippen molar-refractivity contribution in [3.63, 3.8) is 0 Å². The molecule has 90 valence electrons. The molecule has 1 rings (SSSR count). The number of carbonyl (C=O) groups excluding carboxylic acids is 1. The molecule has 0 atom stereocenters. The maximum absolute atomic E-state index is 11.0. The van der Waals surface area contributed by atoms with E-state index in [4.69, 9.17) is 10.5 Å². The summed E-state index contributed by atoms with van der Waals surface area (Å²) in [6, 6.07) is 7.59. The molecular weight excluding hydrogens is 216 g/mol. The van der Waals surface area contributed by atoms with Gasteiger partial charge in [0.1, 0.15) is 5.75 Å². The second kappa shape index (κ2) is 6.48. The van der Waals surface area contributed by atoms with Gasteiger partial charge in [-0.1, -0.05) is 12.1 Å². The van der Waals surface area contributed by atoms with Crippen LogP contribution in [-0.2, 0) is 11.3 Å². The Labute approximate surface area is 101 Å².